The number of aromatic nitrogens is 3. The molecule has 3 aliphatic heterocycles. The van der Waals surface area contributed by atoms with Crippen LogP contribution in [0.2, 0.25) is 30.1 Å². The second-order valence-electron chi connectivity index (χ2n) is 28.8. The lowest BCUT2D eigenvalue weighted by atomic mass is 10.0. The predicted molar refractivity (Wildman–Crippen MR) is 454 cm³/mol. The molecule has 7 N–H and O–H groups in total. The number of nitrogens with one attached hydrogen (secondary N) is 6. The molecule has 32 heteroatoms. The van der Waals surface area contributed by atoms with Crippen LogP contribution in [-0.4, -0.2) is 185 Å². The number of amides is 3. The Kier molecular flexibility index (Phi) is 30.5. The van der Waals surface area contributed by atoms with Gasteiger partial charge in [-0.05, 0) is 154 Å². The van der Waals surface area contributed by atoms with Crippen LogP contribution in [0.25, 0.3) is 32.3 Å². The van der Waals surface area contributed by atoms with Crippen LogP contribution in [0.1, 0.15) is 112 Å². The Balaban J connectivity index is 0.000000449. The summed E-state index contributed by atoms with van der Waals surface area (Å²) in [6.45, 7) is 16.9. The molecule has 3 fully saturated rings. The standard InChI is InChI=1S/C28H33Cl2N3O6S.C27H31Cl2N3O5S.C25H26Cl2FN3O3.7H2/c1-18(17-33-9-7-19(8-10-33)39-20-3-6-25(29)26(30)13-20)15-31-28(36)24-16-32-27(35)23-14-21(4-5-22(23)24)40(37,38)12-2-11-34;1-16(15-32-10-8-18(9-11-32)37-24-7-6-23(28)17(2)25(24)29)13-30-27(34)22-14-31-26(33)20-5-4-19(12-21(20)22)38(3,35)36;1-15(12-29-25(33)21-13-30-24(32)20-10-16(28)2-4-19(20)21)14-31-8-6-17(7-9-31)34-18-3-5-22(26)23(27)11-18;;;;;;;/h3-6,13-14,16,18-19,34H,2,7-12,15,17H2,1H3,(H,31,36)(H,32,35);4-7,12,14,16,18H,8-11,13,15H2,1-3H3,(H,30,34)(H,31,33);2-5,10-11,13,15,17H,6-9,12,14H2,1H3,(H,29,33)(H,30,32);7*1H/t18-;16-;15-;;;;;;;/m111......./s1. The number of ether oxygens (including phenoxy) is 3. The predicted octanol–water partition coefficient (Wildman–Crippen LogP) is 15.0. The number of rotatable bonds is 26. The van der Waals surface area contributed by atoms with Crippen molar-refractivity contribution < 1.29 is 64.9 Å². The number of carbonyl (C=O) groups excluding carboxylic acids is 3. The first-order chi connectivity index (χ1) is 53.3. The molecule has 0 spiro atoms. The largest absolute Gasteiger partial charge is 0.490 e. The number of aliphatic hydroxyl groups is 1. The monoisotopic (exact) mass is 1710 g/mol. The third-order valence-corrected chi connectivity index (χ3v) is 25.1. The van der Waals surface area contributed by atoms with Gasteiger partial charge in [-0.1, -0.05) is 103 Å². The number of fused-ring (bicyclic) bond motifs is 3. The second kappa shape index (κ2) is 39.5. The van der Waals surface area contributed by atoms with Gasteiger partial charge >= 0.3 is 0 Å². The van der Waals surface area contributed by atoms with Crippen molar-refractivity contribution in [3.05, 3.63) is 211 Å². The van der Waals surface area contributed by atoms with Gasteiger partial charge in [-0.25, -0.2) is 21.2 Å². The molecular formula is C80H104Cl6FN9O14S2. The topological polar surface area (TPSA) is 312 Å². The zero-order valence-electron chi connectivity index (χ0n) is 62.4. The van der Waals surface area contributed by atoms with Crippen molar-refractivity contribution in [2.24, 2.45) is 17.8 Å². The van der Waals surface area contributed by atoms with E-state index in [0.29, 0.717) is 83.0 Å². The summed E-state index contributed by atoms with van der Waals surface area (Å²) < 4.78 is 80.8. The summed E-state index contributed by atoms with van der Waals surface area (Å²) in [5.74, 6) is 0.892. The summed E-state index contributed by atoms with van der Waals surface area (Å²) in [7, 11) is -7.15. The van der Waals surface area contributed by atoms with Crippen LogP contribution in [0, 0.1) is 30.5 Å². The third kappa shape index (κ3) is 23.5. The van der Waals surface area contributed by atoms with Gasteiger partial charge in [0.2, 0.25) is 0 Å². The number of hydrogen-bond acceptors (Lipinski definition) is 17. The first-order valence-corrected chi connectivity index (χ1v) is 42.6. The van der Waals surface area contributed by atoms with Gasteiger partial charge in [-0.2, -0.15) is 0 Å². The van der Waals surface area contributed by atoms with Gasteiger partial charge in [-0.15, -0.1) is 0 Å². The Bertz CT molecular complexity index is 5350. The molecule has 6 aromatic carbocycles. The van der Waals surface area contributed by atoms with Gasteiger partial charge in [0, 0.05) is 164 Å². The van der Waals surface area contributed by atoms with Crippen LogP contribution in [0.3, 0.4) is 0 Å². The van der Waals surface area contributed by atoms with E-state index in [1.807, 2.05) is 25.1 Å². The summed E-state index contributed by atoms with van der Waals surface area (Å²) >= 11 is 36.6. The molecule has 3 atom stereocenters. The van der Waals surface area contributed by atoms with Crippen molar-refractivity contribution >= 4 is 139 Å². The van der Waals surface area contributed by atoms with Gasteiger partial charge < -0.3 is 64.9 Å². The van der Waals surface area contributed by atoms with Gasteiger partial charge in [0.05, 0.1) is 62.7 Å². The smallest absolute Gasteiger partial charge is 0.255 e. The summed E-state index contributed by atoms with van der Waals surface area (Å²) in [6, 6.07) is 26.4. The third-order valence-electron chi connectivity index (χ3n) is 19.8. The molecule has 0 aliphatic carbocycles. The van der Waals surface area contributed by atoms with Crippen LogP contribution < -0.4 is 46.8 Å². The zero-order chi connectivity index (χ0) is 80.7. The molecule has 23 nitrogen and oxygen atoms in total. The van der Waals surface area contributed by atoms with Gasteiger partial charge in [0.15, 0.2) is 19.7 Å². The number of halogens is 7. The molecule has 0 saturated carbocycles. The normalized spacial score (nSPS) is 15.8. The Morgan fingerprint density at radius 2 is 0.884 bits per heavy atom. The number of sulfone groups is 2. The summed E-state index contributed by atoms with van der Waals surface area (Å²) in [5.41, 5.74) is 0.335. The van der Waals surface area contributed by atoms with Crippen molar-refractivity contribution in [1.29, 1.82) is 0 Å². The molecular weight excluding hydrogens is 1610 g/mol. The first-order valence-electron chi connectivity index (χ1n) is 36.8. The Morgan fingerprint density at radius 3 is 1.32 bits per heavy atom. The highest BCUT2D eigenvalue weighted by atomic mass is 35.5. The van der Waals surface area contributed by atoms with E-state index in [-0.39, 0.29) is 125 Å². The number of H-pyrrole nitrogens is 3. The van der Waals surface area contributed by atoms with Crippen molar-refractivity contribution in [1.82, 2.24) is 45.6 Å². The molecule has 614 valence electrons. The highest BCUT2D eigenvalue weighted by molar-refractivity contribution is 7.91. The molecule has 0 unspecified atom stereocenters. The van der Waals surface area contributed by atoms with Crippen LogP contribution in [-0.2, 0) is 19.7 Å². The van der Waals surface area contributed by atoms with Crippen molar-refractivity contribution in [2.75, 3.05) is 97.2 Å². The molecule has 112 heavy (non-hydrogen) atoms. The van der Waals surface area contributed by atoms with Crippen LogP contribution in [0.5, 0.6) is 17.2 Å². The minimum Gasteiger partial charge on any atom is -0.490 e. The molecule has 3 aromatic heterocycles. The summed E-state index contributed by atoms with van der Waals surface area (Å²) in [5, 5.41) is 22.5. The molecule has 0 bridgehead atoms. The fourth-order valence-corrected chi connectivity index (χ4v) is 16.6. The lowest BCUT2D eigenvalue weighted by Gasteiger charge is -2.34. The quantitative estimate of drug-likeness (QED) is 0.0265. The molecule has 6 heterocycles. The minimum atomic E-state index is -3.66. The lowest BCUT2D eigenvalue weighted by Crippen LogP contribution is -2.42. The zero-order valence-corrected chi connectivity index (χ0v) is 68.6. The molecule has 3 amide bonds. The molecule has 12 rings (SSSR count). The van der Waals surface area contributed by atoms with E-state index in [2.05, 4.69) is 66.4 Å². The number of aliphatic hydroxyl groups excluding tert-OH is 1. The van der Waals surface area contributed by atoms with E-state index in [0.717, 1.165) is 121 Å². The van der Waals surface area contributed by atoms with E-state index in [1.54, 1.807) is 30.3 Å². The number of piperidine rings is 3. The van der Waals surface area contributed by atoms with Gasteiger partial charge in [0.25, 0.3) is 34.4 Å². The summed E-state index contributed by atoms with van der Waals surface area (Å²) in [4.78, 5) is 90.1. The maximum Gasteiger partial charge on any atom is 0.255 e. The number of pyridine rings is 3. The number of hydrogen-bond donors (Lipinski definition) is 7. The van der Waals surface area contributed by atoms with E-state index >= 15 is 0 Å². The molecule has 9 aromatic rings. The Hall–Kier alpha value is -7.83. The van der Waals surface area contributed by atoms with Crippen LogP contribution in [0.4, 0.5) is 4.39 Å². The van der Waals surface area contributed by atoms with Crippen molar-refractivity contribution in [3.63, 3.8) is 0 Å². The fraction of sp³-hybridized carbons (Fsp3) is 0.400. The maximum absolute atomic E-state index is 13.5. The molecule has 0 radical (unpaired) electrons. The molecule has 3 aliphatic rings. The number of benzene rings is 6. The van der Waals surface area contributed by atoms with Gasteiger partial charge in [0.1, 0.15) is 41.4 Å². The summed E-state index contributed by atoms with van der Waals surface area (Å²) in [6.07, 6.45) is 10.8. The average Bonchev–Trinajstić information content (AvgIpc) is 0.779. The SMILES string of the molecule is C[C@H](CNC(=O)c1c[nH]c(=O)c2cc(F)ccc12)CN1CCC(Oc2ccc(Cl)c(Cl)c2)CC1.C[C@H](CNC(=O)c1c[nH]c(=O)c2cc(S(=O)(=O)CCCO)ccc12)CN1CCC(Oc2ccc(Cl)c(Cl)c2)CC1.Cc1c(Cl)ccc(OC2CCN(C[C@H](C)CNC(=O)c3c[nH]c(=O)c4ccc(S(C)(=O)=O)cc34)CC2)c1Cl.[HH].[HH].[HH].[HH].[HH].[HH].[HH]. The maximum atomic E-state index is 13.5. The lowest BCUT2D eigenvalue weighted by molar-refractivity contribution is 0.0879. The number of likely N-dealkylation sites (tertiary alicyclic amines) is 3. The van der Waals surface area contributed by atoms with Crippen molar-refractivity contribution in [2.45, 2.75) is 101 Å². The first kappa shape index (κ1) is 86.6. The second-order valence-corrected chi connectivity index (χ2v) is 35.3. The molecule has 3 saturated heterocycles. The van der Waals surface area contributed by atoms with Gasteiger partial charge in [-0.3, -0.25) is 28.8 Å². The van der Waals surface area contributed by atoms with E-state index in [1.165, 1.54) is 67.1 Å². The van der Waals surface area contributed by atoms with Crippen LogP contribution >= 0.6 is 69.6 Å². The Morgan fingerprint density at radius 1 is 0.500 bits per heavy atom. The Labute approximate surface area is 689 Å². The van der Waals surface area contributed by atoms with E-state index in [9.17, 15) is 50.0 Å². The number of aromatic amines is 3. The number of nitrogens with zero attached hydrogens (tertiary/aromatic N) is 3. The van der Waals surface area contributed by atoms with Crippen LogP contribution in [0.15, 0.2) is 146 Å². The highest BCUT2D eigenvalue weighted by Gasteiger charge is 2.28. The average molecular weight is 1710 g/mol. The number of carbonyl (C=O) groups is 3. The van der Waals surface area contributed by atoms with E-state index in [4.69, 9.17) is 88.9 Å². The van der Waals surface area contributed by atoms with Crippen molar-refractivity contribution in [3.8, 4) is 17.2 Å². The minimum absolute atomic E-state index is 0. The highest BCUT2D eigenvalue weighted by Crippen LogP contribution is 2.36. The van der Waals surface area contributed by atoms with E-state index < -0.39 is 36.6 Å². The fourth-order valence-electron chi connectivity index (χ4n) is 13.7.